The van der Waals surface area contributed by atoms with Crippen molar-refractivity contribution in [3.8, 4) is 0 Å². The third-order valence-electron chi connectivity index (χ3n) is 4.77. The molecule has 2 unspecified atom stereocenters. The summed E-state index contributed by atoms with van der Waals surface area (Å²) in [5, 5.41) is 4.63. The summed E-state index contributed by atoms with van der Waals surface area (Å²) in [6, 6.07) is 0.236. The van der Waals surface area contributed by atoms with Crippen LogP contribution in [-0.2, 0) is 13.5 Å². The molecular formula is C16H30N4. The molecule has 0 spiro atoms. The Labute approximate surface area is 123 Å². The molecule has 1 fully saturated rings. The zero-order valence-corrected chi connectivity index (χ0v) is 13.7. The Hall–Kier alpha value is -1.03. The van der Waals surface area contributed by atoms with E-state index in [0.29, 0.717) is 0 Å². The summed E-state index contributed by atoms with van der Waals surface area (Å²) in [6.07, 6.45) is 3.25. The van der Waals surface area contributed by atoms with E-state index in [9.17, 15) is 0 Å². The zero-order chi connectivity index (χ0) is 14.9. The second kappa shape index (κ2) is 6.17. The molecule has 1 aromatic heterocycles. The fourth-order valence-electron chi connectivity index (χ4n) is 3.25. The van der Waals surface area contributed by atoms with Crippen LogP contribution in [0.3, 0.4) is 0 Å². The van der Waals surface area contributed by atoms with Crippen LogP contribution in [0.25, 0.3) is 0 Å². The Morgan fingerprint density at radius 1 is 1.40 bits per heavy atom. The molecule has 20 heavy (non-hydrogen) atoms. The van der Waals surface area contributed by atoms with Gasteiger partial charge in [0.05, 0.1) is 5.69 Å². The molecule has 0 bridgehead atoms. The fraction of sp³-hybridized carbons (Fsp3) is 0.812. The van der Waals surface area contributed by atoms with Gasteiger partial charge in [-0.25, -0.2) is 0 Å². The third-order valence-corrected chi connectivity index (χ3v) is 4.77. The number of nitrogens with zero attached hydrogens (tertiary/aromatic N) is 3. The first-order valence-corrected chi connectivity index (χ1v) is 7.97. The summed E-state index contributed by atoms with van der Waals surface area (Å²) in [5.41, 5.74) is 8.66. The second-order valence-corrected chi connectivity index (χ2v) is 6.62. The lowest BCUT2D eigenvalue weighted by atomic mass is 9.95. The van der Waals surface area contributed by atoms with Gasteiger partial charge in [-0.1, -0.05) is 20.8 Å². The van der Waals surface area contributed by atoms with E-state index in [0.717, 1.165) is 43.5 Å². The number of nitrogens with two attached hydrogens (primary N) is 1. The molecule has 2 atom stereocenters. The summed E-state index contributed by atoms with van der Waals surface area (Å²) in [4.78, 5) is 2.52. The molecule has 4 nitrogen and oxygen atoms in total. The zero-order valence-electron chi connectivity index (χ0n) is 13.7. The van der Waals surface area contributed by atoms with Crippen LogP contribution < -0.4 is 10.6 Å². The fourth-order valence-corrected chi connectivity index (χ4v) is 3.25. The predicted molar refractivity (Wildman–Crippen MR) is 85.1 cm³/mol. The maximum Gasteiger partial charge on any atom is 0.130 e. The lowest BCUT2D eigenvalue weighted by Gasteiger charge is -2.22. The van der Waals surface area contributed by atoms with Crippen molar-refractivity contribution in [3.63, 3.8) is 0 Å². The first kappa shape index (κ1) is 15.4. The molecule has 0 saturated carbocycles. The van der Waals surface area contributed by atoms with Crippen molar-refractivity contribution >= 4 is 5.82 Å². The van der Waals surface area contributed by atoms with Gasteiger partial charge < -0.3 is 10.6 Å². The SMILES string of the molecule is CCC(N)Cc1c(C)nn(C)c1N1CCC(C(C)C)C1. The molecular weight excluding hydrogens is 248 g/mol. The number of aromatic nitrogens is 2. The van der Waals surface area contributed by atoms with Gasteiger partial charge in [0.2, 0.25) is 0 Å². The Morgan fingerprint density at radius 2 is 2.10 bits per heavy atom. The highest BCUT2D eigenvalue weighted by molar-refractivity contribution is 5.51. The van der Waals surface area contributed by atoms with E-state index < -0.39 is 0 Å². The molecule has 0 aromatic carbocycles. The molecule has 0 amide bonds. The van der Waals surface area contributed by atoms with Crippen molar-refractivity contribution in [2.24, 2.45) is 24.6 Å². The van der Waals surface area contributed by atoms with Gasteiger partial charge in [-0.2, -0.15) is 5.10 Å². The van der Waals surface area contributed by atoms with E-state index in [-0.39, 0.29) is 6.04 Å². The third kappa shape index (κ3) is 3.00. The average Bonchev–Trinajstić information content (AvgIpc) is 2.95. The van der Waals surface area contributed by atoms with Crippen LogP contribution in [0.1, 0.15) is 44.9 Å². The summed E-state index contributed by atoms with van der Waals surface area (Å²) in [7, 11) is 2.06. The average molecular weight is 278 g/mol. The molecule has 114 valence electrons. The standard InChI is InChI=1S/C16H30N4/c1-6-14(17)9-15-12(4)18-19(5)16(15)20-8-7-13(10-20)11(2)3/h11,13-14H,6-10,17H2,1-5H3. The van der Waals surface area contributed by atoms with Gasteiger partial charge in [-0.3, -0.25) is 4.68 Å². The monoisotopic (exact) mass is 278 g/mol. The molecule has 2 N–H and O–H groups in total. The maximum atomic E-state index is 6.17. The summed E-state index contributed by atoms with van der Waals surface area (Å²) in [6.45, 7) is 11.2. The first-order chi connectivity index (χ1) is 9.43. The topological polar surface area (TPSA) is 47.1 Å². The minimum absolute atomic E-state index is 0.236. The van der Waals surface area contributed by atoms with Crippen molar-refractivity contribution in [3.05, 3.63) is 11.3 Å². The van der Waals surface area contributed by atoms with Crippen molar-refractivity contribution in [1.82, 2.24) is 9.78 Å². The van der Waals surface area contributed by atoms with Gasteiger partial charge in [0.1, 0.15) is 5.82 Å². The van der Waals surface area contributed by atoms with Crippen LogP contribution in [0.15, 0.2) is 0 Å². The molecule has 1 aliphatic rings. The van der Waals surface area contributed by atoms with E-state index in [2.05, 4.69) is 49.4 Å². The second-order valence-electron chi connectivity index (χ2n) is 6.62. The molecule has 1 aliphatic heterocycles. The molecule has 0 radical (unpaired) electrons. The predicted octanol–water partition coefficient (Wildman–Crippen LogP) is 2.49. The minimum Gasteiger partial charge on any atom is -0.356 e. The number of aryl methyl sites for hydroxylation is 2. The molecule has 2 rings (SSSR count). The minimum atomic E-state index is 0.236. The van der Waals surface area contributed by atoms with Crippen molar-refractivity contribution in [1.29, 1.82) is 0 Å². The van der Waals surface area contributed by atoms with E-state index in [1.54, 1.807) is 0 Å². The normalized spacial score (nSPS) is 20.9. The van der Waals surface area contributed by atoms with Crippen LogP contribution in [0.4, 0.5) is 5.82 Å². The van der Waals surface area contributed by atoms with Crippen LogP contribution >= 0.6 is 0 Å². The highest BCUT2D eigenvalue weighted by atomic mass is 15.4. The Balaban J connectivity index is 2.23. The first-order valence-electron chi connectivity index (χ1n) is 7.97. The van der Waals surface area contributed by atoms with E-state index in [1.165, 1.54) is 17.8 Å². The maximum absolute atomic E-state index is 6.17. The van der Waals surface area contributed by atoms with Gasteiger partial charge >= 0.3 is 0 Å². The molecule has 1 saturated heterocycles. The smallest absolute Gasteiger partial charge is 0.130 e. The van der Waals surface area contributed by atoms with Gasteiger partial charge in [0.15, 0.2) is 0 Å². The molecule has 4 heteroatoms. The van der Waals surface area contributed by atoms with Crippen LogP contribution in [-0.4, -0.2) is 28.9 Å². The number of anilines is 1. The molecule has 2 heterocycles. The van der Waals surface area contributed by atoms with Crippen molar-refractivity contribution < 1.29 is 0 Å². The highest BCUT2D eigenvalue weighted by Crippen LogP contribution is 2.32. The number of hydrogen-bond donors (Lipinski definition) is 1. The quantitative estimate of drug-likeness (QED) is 0.900. The Kier molecular flexibility index (Phi) is 4.74. The van der Waals surface area contributed by atoms with Gasteiger partial charge in [-0.15, -0.1) is 0 Å². The molecule has 1 aromatic rings. The summed E-state index contributed by atoms with van der Waals surface area (Å²) >= 11 is 0. The van der Waals surface area contributed by atoms with Gasteiger partial charge in [0.25, 0.3) is 0 Å². The van der Waals surface area contributed by atoms with Gasteiger partial charge in [0, 0.05) is 31.7 Å². The summed E-state index contributed by atoms with van der Waals surface area (Å²) in [5.74, 6) is 2.86. The number of rotatable bonds is 5. The van der Waals surface area contributed by atoms with E-state index >= 15 is 0 Å². The number of hydrogen-bond acceptors (Lipinski definition) is 3. The van der Waals surface area contributed by atoms with Crippen molar-refractivity contribution in [2.45, 2.75) is 53.0 Å². The Morgan fingerprint density at radius 3 is 2.65 bits per heavy atom. The Bertz CT molecular complexity index is 450. The largest absolute Gasteiger partial charge is 0.356 e. The summed E-state index contributed by atoms with van der Waals surface area (Å²) < 4.78 is 2.05. The van der Waals surface area contributed by atoms with Crippen LogP contribution in [0.2, 0.25) is 0 Å². The molecule has 0 aliphatic carbocycles. The van der Waals surface area contributed by atoms with Gasteiger partial charge in [-0.05, 0) is 38.0 Å². The van der Waals surface area contributed by atoms with Crippen LogP contribution in [0.5, 0.6) is 0 Å². The van der Waals surface area contributed by atoms with E-state index in [4.69, 9.17) is 5.73 Å². The van der Waals surface area contributed by atoms with E-state index in [1.807, 2.05) is 0 Å². The lowest BCUT2D eigenvalue weighted by Crippen LogP contribution is -2.27. The van der Waals surface area contributed by atoms with Crippen molar-refractivity contribution in [2.75, 3.05) is 18.0 Å². The highest BCUT2D eigenvalue weighted by Gasteiger charge is 2.29. The lowest BCUT2D eigenvalue weighted by molar-refractivity contribution is 0.422. The van der Waals surface area contributed by atoms with Crippen LogP contribution in [0, 0.1) is 18.8 Å².